The molecule has 0 atom stereocenters. The van der Waals surface area contributed by atoms with Crippen molar-refractivity contribution < 1.29 is 8.42 Å². The quantitative estimate of drug-likeness (QED) is 0.909. The SMILES string of the molecule is CCc1ncc(S(=O)(=O)Nc2ccc(Cl)cc2Cl)[nH]1. The van der Waals surface area contributed by atoms with Gasteiger partial charge in [-0.25, -0.2) is 4.98 Å². The normalized spacial score (nSPS) is 11.5. The van der Waals surface area contributed by atoms with Crippen LogP contribution in [-0.4, -0.2) is 18.4 Å². The van der Waals surface area contributed by atoms with Crippen LogP contribution < -0.4 is 4.72 Å². The van der Waals surface area contributed by atoms with Gasteiger partial charge in [-0.3, -0.25) is 4.72 Å². The lowest BCUT2D eigenvalue weighted by molar-refractivity contribution is 0.598. The van der Waals surface area contributed by atoms with Crippen LogP contribution in [0.5, 0.6) is 0 Å². The number of aryl methyl sites for hydroxylation is 1. The number of aromatic amines is 1. The number of H-pyrrole nitrogens is 1. The fourth-order valence-electron chi connectivity index (χ4n) is 1.43. The summed E-state index contributed by atoms with van der Waals surface area (Å²) in [6.45, 7) is 1.87. The van der Waals surface area contributed by atoms with Gasteiger partial charge in [-0.1, -0.05) is 30.1 Å². The summed E-state index contributed by atoms with van der Waals surface area (Å²) in [6.07, 6.45) is 1.89. The number of hydrogen-bond donors (Lipinski definition) is 2. The number of aromatic nitrogens is 2. The standard InChI is InChI=1S/C11H11Cl2N3O2S/c1-2-10-14-6-11(15-10)19(17,18)16-9-4-3-7(12)5-8(9)13/h3-6,16H,2H2,1H3,(H,14,15). The van der Waals surface area contributed by atoms with Gasteiger partial charge >= 0.3 is 0 Å². The van der Waals surface area contributed by atoms with E-state index in [-0.39, 0.29) is 15.7 Å². The zero-order chi connectivity index (χ0) is 14.0. The highest BCUT2D eigenvalue weighted by atomic mass is 35.5. The van der Waals surface area contributed by atoms with E-state index in [1.54, 1.807) is 6.07 Å². The summed E-state index contributed by atoms with van der Waals surface area (Å²) in [5.74, 6) is 0.600. The zero-order valence-electron chi connectivity index (χ0n) is 9.94. The average Bonchev–Trinajstić information content (AvgIpc) is 2.82. The minimum atomic E-state index is -3.73. The molecule has 102 valence electrons. The number of hydrogen-bond acceptors (Lipinski definition) is 3. The molecule has 0 saturated heterocycles. The van der Waals surface area contributed by atoms with Crippen LogP contribution in [-0.2, 0) is 16.4 Å². The molecular weight excluding hydrogens is 309 g/mol. The van der Waals surface area contributed by atoms with Crippen LogP contribution in [0.25, 0.3) is 0 Å². The molecule has 0 bridgehead atoms. The number of nitrogens with one attached hydrogen (secondary N) is 2. The van der Waals surface area contributed by atoms with E-state index in [9.17, 15) is 8.42 Å². The molecule has 0 radical (unpaired) electrons. The number of benzene rings is 1. The topological polar surface area (TPSA) is 74.8 Å². The van der Waals surface area contributed by atoms with E-state index in [1.807, 2.05) is 6.92 Å². The van der Waals surface area contributed by atoms with Gasteiger partial charge in [0.25, 0.3) is 10.0 Å². The second-order valence-electron chi connectivity index (χ2n) is 3.78. The fraction of sp³-hybridized carbons (Fsp3) is 0.182. The second kappa shape index (κ2) is 5.40. The Morgan fingerprint density at radius 1 is 1.37 bits per heavy atom. The molecule has 0 aliphatic heterocycles. The molecule has 5 nitrogen and oxygen atoms in total. The number of anilines is 1. The minimum absolute atomic E-state index is 0.00429. The van der Waals surface area contributed by atoms with Crippen molar-refractivity contribution >= 4 is 38.9 Å². The van der Waals surface area contributed by atoms with E-state index < -0.39 is 10.0 Å². The van der Waals surface area contributed by atoms with Crippen LogP contribution >= 0.6 is 23.2 Å². The molecule has 0 aliphatic carbocycles. The van der Waals surface area contributed by atoms with Crippen LogP contribution in [0.4, 0.5) is 5.69 Å². The lowest BCUT2D eigenvalue weighted by Gasteiger charge is -2.08. The number of sulfonamides is 1. The molecule has 0 aliphatic rings. The second-order valence-corrected chi connectivity index (χ2v) is 6.27. The van der Waals surface area contributed by atoms with Crippen molar-refractivity contribution in [2.75, 3.05) is 4.72 Å². The molecule has 0 fully saturated rings. The summed E-state index contributed by atoms with van der Waals surface area (Å²) >= 11 is 11.7. The Morgan fingerprint density at radius 2 is 2.11 bits per heavy atom. The smallest absolute Gasteiger partial charge is 0.279 e. The molecule has 19 heavy (non-hydrogen) atoms. The molecule has 2 aromatic rings. The highest BCUT2D eigenvalue weighted by Crippen LogP contribution is 2.27. The first-order valence-corrected chi connectivity index (χ1v) is 7.68. The predicted octanol–water partition coefficient (Wildman–Crippen LogP) is 3.08. The highest BCUT2D eigenvalue weighted by Gasteiger charge is 2.18. The van der Waals surface area contributed by atoms with Gasteiger partial charge in [0.1, 0.15) is 5.82 Å². The first kappa shape index (κ1) is 14.2. The molecule has 1 heterocycles. The molecular formula is C11H11Cl2N3O2S. The maximum absolute atomic E-state index is 12.1. The Kier molecular flexibility index (Phi) is 4.03. The van der Waals surface area contributed by atoms with Crippen LogP contribution in [0.3, 0.4) is 0 Å². The molecule has 0 unspecified atom stereocenters. The number of nitrogens with zero attached hydrogens (tertiary/aromatic N) is 1. The Balaban J connectivity index is 2.30. The maximum atomic E-state index is 12.1. The van der Waals surface area contributed by atoms with Crippen molar-refractivity contribution in [3.8, 4) is 0 Å². The van der Waals surface area contributed by atoms with Crippen molar-refractivity contribution in [3.63, 3.8) is 0 Å². The number of halogens is 2. The first-order chi connectivity index (χ1) is 8.92. The van der Waals surface area contributed by atoms with Gasteiger partial charge in [-0.2, -0.15) is 8.42 Å². The average molecular weight is 320 g/mol. The molecule has 1 aromatic heterocycles. The maximum Gasteiger partial charge on any atom is 0.279 e. The third-order valence-corrected chi connectivity index (χ3v) is 4.23. The summed E-state index contributed by atoms with van der Waals surface area (Å²) in [5.41, 5.74) is 0.263. The van der Waals surface area contributed by atoms with Crippen LogP contribution in [0.1, 0.15) is 12.7 Å². The number of rotatable bonds is 4. The van der Waals surface area contributed by atoms with E-state index in [0.717, 1.165) is 0 Å². The van der Waals surface area contributed by atoms with E-state index in [2.05, 4.69) is 14.7 Å². The van der Waals surface area contributed by atoms with E-state index in [0.29, 0.717) is 17.3 Å². The summed E-state index contributed by atoms with van der Waals surface area (Å²) in [5, 5.41) is 0.657. The van der Waals surface area contributed by atoms with Crippen LogP contribution in [0.15, 0.2) is 29.4 Å². The van der Waals surface area contributed by atoms with Gasteiger partial charge in [0.15, 0.2) is 5.03 Å². The molecule has 8 heteroatoms. The Labute approximate surface area is 121 Å². The molecule has 0 spiro atoms. The molecule has 0 saturated carbocycles. The summed E-state index contributed by atoms with van der Waals surface area (Å²) < 4.78 is 26.6. The van der Waals surface area contributed by atoms with E-state index in [4.69, 9.17) is 23.2 Å². The summed E-state index contributed by atoms with van der Waals surface area (Å²) in [4.78, 5) is 6.67. The van der Waals surface area contributed by atoms with Crippen molar-refractivity contribution in [3.05, 3.63) is 40.3 Å². The van der Waals surface area contributed by atoms with E-state index >= 15 is 0 Å². The first-order valence-electron chi connectivity index (χ1n) is 5.44. The third kappa shape index (κ3) is 3.20. The molecule has 2 N–H and O–H groups in total. The van der Waals surface area contributed by atoms with Crippen molar-refractivity contribution in [2.24, 2.45) is 0 Å². The Hall–Kier alpha value is -1.24. The van der Waals surface area contributed by atoms with Crippen molar-refractivity contribution in [2.45, 2.75) is 18.4 Å². The van der Waals surface area contributed by atoms with Gasteiger partial charge in [0.2, 0.25) is 0 Å². The summed E-state index contributed by atoms with van der Waals surface area (Å²) in [6, 6.07) is 4.51. The van der Waals surface area contributed by atoms with Crippen molar-refractivity contribution in [1.82, 2.24) is 9.97 Å². The molecule has 2 rings (SSSR count). The van der Waals surface area contributed by atoms with Gasteiger partial charge in [0.05, 0.1) is 16.9 Å². The van der Waals surface area contributed by atoms with Crippen molar-refractivity contribution in [1.29, 1.82) is 0 Å². The minimum Gasteiger partial charge on any atom is -0.332 e. The molecule has 0 amide bonds. The van der Waals surface area contributed by atoms with E-state index in [1.165, 1.54) is 18.3 Å². The van der Waals surface area contributed by atoms with Crippen LogP contribution in [0.2, 0.25) is 10.0 Å². The lowest BCUT2D eigenvalue weighted by atomic mass is 10.3. The number of imidazole rings is 1. The van der Waals surface area contributed by atoms with Gasteiger partial charge < -0.3 is 4.98 Å². The van der Waals surface area contributed by atoms with Gasteiger partial charge in [-0.05, 0) is 18.2 Å². The predicted molar refractivity (Wildman–Crippen MR) is 75.2 cm³/mol. The third-order valence-electron chi connectivity index (χ3n) is 2.40. The van der Waals surface area contributed by atoms with Gasteiger partial charge in [-0.15, -0.1) is 0 Å². The lowest BCUT2D eigenvalue weighted by Crippen LogP contribution is -2.13. The fourth-order valence-corrected chi connectivity index (χ4v) is 2.96. The largest absolute Gasteiger partial charge is 0.332 e. The zero-order valence-corrected chi connectivity index (χ0v) is 12.3. The monoisotopic (exact) mass is 319 g/mol. The highest BCUT2D eigenvalue weighted by molar-refractivity contribution is 7.92. The Bertz CT molecular complexity index is 698. The Morgan fingerprint density at radius 3 is 2.68 bits per heavy atom. The van der Waals surface area contributed by atoms with Crippen LogP contribution in [0, 0.1) is 0 Å². The summed E-state index contributed by atoms with van der Waals surface area (Å²) in [7, 11) is -3.73. The van der Waals surface area contributed by atoms with Gasteiger partial charge in [0, 0.05) is 11.4 Å². The molecule has 1 aromatic carbocycles.